The van der Waals surface area contributed by atoms with Crippen molar-refractivity contribution in [3.63, 3.8) is 0 Å². The number of esters is 3. The van der Waals surface area contributed by atoms with Gasteiger partial charge < -0.3 is 29.2 Å². The van der Waals surface area contributed by atoms with Crippen molar-refractivity contribution in [2.45, 2.75) is 30.7 Å². The first-order valence-corrected chi connectivity index (χ1v) is 10.7. The van der Waals surface area contributed by atoms with E-state index in [4.69, 9.17) is 18.9 Å². The Balaban J connectivity index is 1.51. The van der Waals surface area contributed by atoms with E-state index in [1.807, 2.05) is 0 Å². The zero-order valence-corrected chi connectivity index (χ0v) is 18.6. The van der Waals surface area contributed by atoms with Crippen LogP contribution in [0.25, 0.3) is 0 Å². The van der Waals surface area contributed by atoms with Crippen molar-refractivity contribution in [2.24, 2.45) is 0 Å². The molecule has 2 N–H and O–H groups in total. The molecule has 0 amide bonds. The highest BCUT2D eigenvalue weighted by Crippen LogP contribution is 2.26. The topological polar surface area (TPSA) is 167 Å². The summed E-state index contributed by atoms with van der Waals surface area (Å²) in [6, 6.07) is 8.91. The van der Waals surface area contributed by atoms with Crippen LogP contribution in [0, 0.1) is 0 Å². The van der Waals surface area contributed by atoms with Gasteiger partial charge in [0.25, 0.3) is 0 Å². The number of carbonyl (C=O) groups is 3. The van der Waals surface area contributed by atoms with E-state index < -0.39 is 55.2 Å². The molecule has 5 atom stereocenters. The molecule has 4 heterocycles. The highest BCUT2D eigenvalue weighted by atomic mass is 16.7. The summed E-state index contributed by atoms with van der Waals surface area (Å²) in [6.45, 7) is -0.510. The van der Waals surface area contributed by atoms with Crippen molar-refractivity contribution in [1.82, 2.24) is 15.0 Å². The molecule has 1 saturated heterocycles. The molecular formula is C24H21N3O9. The lowest BCUT2D eigenvalue weighted by Gasteiger charge is -2.41. The van der Waals surface area contributed by atoms with E-state index in [2.05, 4.69) is 15.0 Å². The first-order valence-electron chi connectivity index (χ1n) is 10.7. The standard InChI is InChI=1S/C24H21N3O9/c28-18-17(13-33-21(30)14-4-1-7-25-10-14)34-24(36-23(32)16-6-3-9-27-12-16)19(29)20(18)35-22(31)15-5-2-8-26-11-15/h1-12,17-20,24,28-29H,13H2. The Morgan fingerprint density at radius 1 is 0.750 bits per heavy atom. The number of pyridine rings is 3. The molecule has 1 aliphatic rings. The van der Waals surface area contributed by atoms with Crippen molar-refractivity contribution in [3.05, 3.63) is 90.3 Å². The third-order valence-electron chi connectivity index (χ3n) is 5.18. The summed E-state index contributed by atoms with van der Waals surface area (Å²) in [6.07, 6.45) is 0.169. The monoisotopic (exact) mass is 495 g/mol. The van der Waals surface area contributed by atoms with Gasteiger partial charge in [0.1, 0.15) is 18.8 Å². The predicted molar refractivity (Wildman–Crippen MR) is 118 cm³/mol. The van der Waals surface area contributed by atoms with Crippen LogP contribution < -0.4 is 0 Å². The van der Waals surface area contributed by atoms with E-state index in [9.17, 15) is 24.6 Å². The number of rotatable bonds is 7. The van der Waals surface area contributed by atoms with Gasteiger partial charge in [-0.15, -0.1) is 0 Å². The lowest BCUT2D eigenvalue weighted by molar-refractivity contribution is -0.284. The second kappa shape index (κ2) is 11.4. The SMILES string of the molecule is O=C(OCC1OC(OC(=O)c2cccnc2)C(O)C(OC(=O)c2cccnc2)C1O)c1cccnc1. The summed E-state index contributed by atoms with van der Waals surface area (Å²) in [7, 11) is 0. The number of nitrogens with zero attached hydrogens (tertiary/aromatic N) is 3. The smallest absolute Gasteiger partial charge is 0.342 e. The quantitative estimate of drug-likeness (QED) is 0.346. The Labute approximate surface area is 204 Å². The van der Waals surface area contributed by atoms with Gasteiger partial charge in [-0.25, -0.2) is 14.4 Å². The van der Waals surface area contributed by atoms with Gasteiger partial charge in [0, 0.05) is 37.2 Å². The van der Waals surface area contributed by atoms with Crippen LogP contribution >= 0.6 is 0 Å². The molecule has 0 saturated carbocycles. The number of ether oxygens (including phenoxy) is 4. The van der Waals surface area contributed by atoms with E-state index in [1.165, 1.54) is 67.5 Å². The molecule has 186 valence electrons. The lowest BCUT2D eigenvalue weighted by atomic mass is 9.98. The largest absolute Gasteiger partial charge is 0.459 e. The highest BCUT2D eigenvalue weighted by molar-refractivity contribution is 5.90. The number of aliphatic hydroxyl groups excluding tert-OH is 2. The first kappa shape index (κ1) is 24.9. The first-order chi connectivity index (χ1) is 17.4. The Hall–Kier alpha value is -4.26. The molecule has 0 radical (unpaired) electrons. The molecule has 12 heteroatoms. The number of aliphatic hydroxyl groups is 2. The minimum atomic E-state index is -1.77. The lowest BCUT2D eigenvalue weighted by Crippen LogP contribution is -2.61. The van der Waals surface area contributed by atoms with Gasteiger partial charge in [-0.1, -0.05) is 0 Å². The summed E-state index contributed by atoms with van der Waals surface area (Å²) < 4.78 is 21.3. The van der Waals surface area contributed by atoms with Crippen LogP contribution in [0.5, 0.6) is 0 Å². The van der Waals surface area contributed by atoms with Gasteiger partial charge in [0.05, 0.1) is 16.7 Å². The van der Waals surface area contributed by atoms with Gasteiger partial charge in [0.15, 0.2) is 12.2 Å². The second-order valence-corrected chi connectivity index (χ2v) is 7.62. The van der Waals surface area contributed by atoms with Crippen LogP contribution in [0.15, 0.2) is 73.6 Å². The van der Waals surface area contributed by atoms with Gasteiger partial charge in [0.2, 0.25) is 6.29 Å². The van der Waals surface area contributed by atoms with E-state index in [0.29, 0.717) is 0 Å². The third-order valence-corrected chi connectivity index (χ3v) is 5.18. The van der Waals surface area contributed by atoms with Crippen LogP contribution in [0.3, 0.4) is 0 Å². The van der Waals surface area contributed by atoms with Crippen molar-refractivity contribution >= 4 is 17.9 Å². The predicted octanol–water partition coefficient (Wildman–Crippen LogP) is 0.558. The number of hydrogen-bond acceptors (Lipinski definition) is 12. The van der Waals surface area contributed by atoms with Gasteiger partial charge in [-0.2, -0.15) is 0 Å². The summed E-state index contributed by atoms with van der Waals surface area (Å²) in [5, 5.41) is 21.6. The molecule has 3 aromatic heterocycles. The fourth-order valence-electron chi connectivity index (χ4n) is 3.33. The van der Waals surface area contributed by atoms with E-state index in [1.54, 1.807) is 6.07 Å². The van der Waals surface area contributed by atoms with Crippen molar-refractivity contribution in [1.29, 1.82) is 0 Å². The van der Waals surface area contributed by atoms with Gasteiger partial charge in [-0.05, 0) is 36.4 Å². The molecule has 0 bridgehead atoms. The molecule has 36 heavy (non-hydrogen) atoms. The summed E-state index contributed by atoms with van der Waals surface area (Å²) in [5.74, 6) is -2.53. The Kier molecular flexibility index (Phi) is 7.90. The Morgan fingerprint density at radius 2 is 1.25 bits per heavy atom. The Bertz CT molecular complexity index is 1180. The normalized spacial score (nSPS) is 23.3. The van der Waals surface area contributed by atoms with Gasteiger partial charge in [-0.3, -0.25) is 15.0 Å². The summed E-state index contributed by atoms with van der Waals surface area (Å²) >= 11 is 0. The minimum absolute atomic E-state index is 0.0619. The molecule has 0 spiro atoms. The number of carbonyl (C=O) groups excluding carboxylic acids is 3. The zero-order valence-electron chi connectivity index (χ0n) is 18.6. The van der Waals surface area contributed by atoms with Crippen molar-refractivity contribution in [3.8, 4) is 0 Å². The fraction of sp³-hybridized carbons (Fsp3) is 0.250. The maximum atomic E-state index is 12.6. The highest BCUT2D eigenvalue weighted by Gasteiger charge is 2.49. The van der Waals surface area contributed by atoms with E-state index in [0.717, 1.165) is 0 Å². The van der Waals surface area contributed by atoms with Crippen molar-refractivity contribution in [2.75, 3.05) is 6.61 Å². The summed E-state index contributed by atoms with van der Waals surface area (Å²) in [5.41, 5.74) is 0.289. The van der Waals surface area contributed by atoms with Crippen LogP contribution in [0.2, 0.25) is 0 Å². The number of hydrogen-bond donors (Lipinski definition) is 2. The third kappa shape index (κ3) is 5.86. The maximum Gasteiger partial charge on any atom is 0.342 e. The molecule has 1 aliphatic heterocycles. The molecule has 4 rings (SSSR count). The molecule has 1 fully saturated rings. The second-order valence-electron chi connectivity index (χ2n) is 7.62. The molecule has 3 aromatic rings. The van der Waals surface area contributed by atoms with Crippen LogP contribution in [0.4, 0.5) is 0 Å². The average molecular weight is 495 g/mol. The van der Waals surface area contributed by atoms with E-state index in [-0.39, 0.29) is 16.7 Å². The molecule has 0 aromatic carbocycles. The average Bonchev–Trinajstić information content (AvgIpc) is 2.93. The summed E-state index contributed by atoms with van der Waals surface area (Å²) in [4.78, 5) is 48.9. The van der Waals surface area contributed by atoms with E-state index >= 15 is 0 Å². The van der Waals surface area contributed by atoms with Gasteiger partial charge >= 0.3 is 17.9 Å². The van der Waals surface area contributed by atoms with Crippen LogP contribution in [-0.4, -0.2) is 80.4 Å². The molecule has 5 unspecified atom stereocenters. The van der Waals surface area contributed by atoms with Crippen LogP contribution in [0.1, 0.15) is 31.1 Å². The minimum Gasteiger partial charge on any atom is -0.459 e. The molecule has 12 nitrogen and oxygen atoms in total. The number of aromatic nitrogens is 3. The molecule has 0 aliphatic carbocycles. The Morgan fingerprint density at radius 3 is 1.75 bits per heavy atom. The zero-order chi connectivity index (χ0) is 25.5. The maximum absolute atomic E-state index is 12.6. The molecular weight excluding hydrogens is 474 g/mol. The van der Waals surface area contributed by atoms with Crippen molar-refractivity contribution < 1.29 is 43.5 Å². The fourth-order valence-corrected chi connectivity index (χ4v) is 3.33. The van der Waals surface area contributed by atoms with Crippen LogP contribution in [-0.2, 0) is 18.9 Å².